The van der Waals surface area contributed by atoms with Gasteiger partial charge in [-0.25, -0.2) is 12.8 Å². The van der Waals surface area contributed by atoms with Gasteiger partial charge in [0.05, 0.1) is 12.4 Å². The Hall–Kier alpha value is -1.42. The molecule has 0 aromatic heterocycles. The Kier molecular flexibility index (Phi) is 4.99. The van der Waals surface area contributed by atoms with Crippen LogP contribution in [0.3, 0.4) is 0 Å². The van der Waals surface area contributed by atoms with Crippen molar-refractivity contribution in [2.75, 3.05) is 18.9 Å². The van der Waals surface area contributed by atoms with Crippen molar-refractivity contribution in [2.45, 2.75) is 19.9 Å². The molecule has 0 aliphatic carbocycles. The van der Waals surface area contributed by atoms with E-state index >= 15 is 0 Å². The summed E-state index contributed by atoms with van der Waals surface area (Å²) in [6.45, 7) is 2.30. The van der Waals surface area contributed by atoms with Gasteiger partial charge in [-0.1, -0.05) is 18.8 Å². The summed E-state index contributed by atoms with van der Waals surface area (Å²) >= 11 is 0. The van der Waals surface area contributed by atoms with Gasteiger partial charge in [-0.05, 0) is 24.1 Å². The first-order valence-corrected chi connectivity index (χ1v) is 8.39. The van der Waals surface area contributed by atoms with E-state index in [0.717, 1.165) is 0 Å². The maximum absolute atomic E-state index is 13.9. The van der Waals surface area contributed by atoms with Crippen LogP contribution < -0.4 is 0 Å². The number of sulfonamides is 1. The summed E-state index contributed by atoms with van der Waals surface area (Å²) in [7, 11) is -3.29. The average molecular weight is 311 g/mol. The largest absolute Gasteiger partial charge is 0.395 e. The van der Waals surface area contributed by atoms with E-state index in [0.29, 0.717) is 24.1 Å². The van der Waals surface area contributed by atoms with Crippen molar-refractivity contribution in [1.29, 1.82) is 0 Å². The number of aliphatic hydroxyl groups excluding tert-OH is 1. The van der Waals surface area contributed by atoms with Crippen LogP contribution in [-0.4, -0.2) is 36.7 Å². The van der Waals surface area contributed by atoms with Crippen LogP contribution in [0.2, 0.25) is 0 Å². The second kappa shape index (κ2) is 6.56. The molecule has 0 saturated carbocycles. The lowest BCUT2D eigenvalue weighted by atomic mass is 10.1. The number of nitrogens with zero attached hydrogens (tertiary/aromatic N) is 1. The van der Waals surface area contributed by atoms with E-state index in [1.54, 1.807) is 12.1 Å². The highest BCUT2D eigenvalue weighted by atomic mass is 32.2. The second-order valence-electron chi connectivity index (χ2n) is 5.26. The van der Waals surface area contributed by atoms with Crippen molar-refractivity contribution in [2.24, 2.45) is 5.92 Å². The molecule has 0 spiro atoms. The van der Waals surface area contributed by atoms with E-state index in [1.165, 1.54) is 10.4 Å². The number of halogens is 1. The third-order valence-corrected chi connectivity index (χ3v) is 5.32. The molecule has 1 saturated heterocycles. The topological polar surface area (TPSA) is 57.6 Å². The number of hydrogen-bond donors (Lipinski definition) is 1. The minimum Gasteiger partial charge on any atom is -0.395 e. The van der Waals surface area contributed by atoms with Gasteiger partial charge in [0, 0.05) is 30.6 Å². The van der Waals surface area contributed by atoms with Crippen LogP contribution in [0.15, 0.2) is 18.2 Å². The third kappa shape index (κ3) is 4.03. The lowest BCUT2D eigenvalue weighted by Gasteiger charge is -2.15. The van der Waals surface area contributed by atoms with Crippen LogP contribution >= 0.6 is 0 Å². The van der Waals surface area contributed by atoms with Gasteiger partial charge in [-0.3, -0.25) is 0 Å². The first kappa shape index (κ1) is 16.0. The highest BCUT2D eigenvalue weighted by Gasteiger charge is 2.33. The normalized spacial score (nSPS) is 21.0. The molecule has 1 N–H and O–H groups in total. The van der Waals surface area contributed by atoms with E-state index < -0.39 is 15.8 Å². The molecule has 1 aromatic rings. The molecule has 6 heteroatoms. The summed E-state index contributed by atoms with van der Waals surface area (Å²) in [6.07, 6.45) is 0.352. The smallest absolute Gasteiger partial charge is 0.214 e. The van der Waals surface area contributed by atoms with Crippen LogP contribution in [-0.2, 0) is 16.6 Å². The SMILES string of the molecule is CC1CN(Cc2cc(C#CCCO)ccc2F)S(=O)(=O)C1. The van der Waals surface area contributed by atoms with Crippen molar-refractivity contribution in [3.63, 3.8) is 0 Å². The average Bonchev–Trinajstić information content (AvgIpc) is 2.66. The summed E-state index contributed by atoms with van der Waals surface area (Å²) < 4.78 is 39.0. The lowest BCUT2D eigenvalue weighted by Crippen LogP contribution is -2.25. The Labute approximate surface area is 124 Å². The Morgan fingerprint density at radius 1 is 1.48 bits per heavy atom. The first-order chi connectivity index (χ1) is 9.92. The molecule has 4 nitrogen and oxygen atoms in total. The van der Waals surface area contributed by atoms with Crippen LogP contribution in [0.25, 0.3) is 0 Å². The minimum atomic E-state index is -3.29. The van der Waals surface area contributed by atoms with Crippen molar-refractivity contribution in [3.05, 3.63) is 35.1 Å². The molecule has 1 aromatic carbocycles. The summed E-state index contributed by atoms with van der Waals surface area (Å²) in [5.74, 6) is 5.33. The van der Waals surface area contributed by atoms with Crippen LogP contribution in [0.1, 0.15) is 24.5 Å². The maximum Gasteiger partial charge on any atom is 0.214 e. The van der Waals surface area contributed by atoms with Crippen molar-refractivity contribution >= 4 is 10.0 Å². The van der Waals surface area contributed by atoms with Crippen LogP contribution in [0.5, 0.6) is 0 Å². The van der Waals surface area contributed by atoms with Gasteiger partial charge < -0.3 is 5.11 Å². The second-order valence-corrected chi connectivity index (χ2v) is 7.27. The molecule has 114 valence electrons. The molecule has 0 radical (unpaired) electrons. The van der Waals surface area contributed by atoms with E-state index in [-0.39, 0.29) is 24.8 Å². The van der Waals surface area contributed by atoms with E-state index in [1.807, 2.05) is 6.92 Å². The molecule has 1 aliphatic rings. The number of rotatable bonds is 3. The minimum absolute atomic E-state index is 0.0229. The molecule has 0 bridgehead atoms. The van der Waals surface area contributed by atoms with Gasteiger partial charge in [-0.15, -0.1) is 0 Å². The predicted octanol–water partition coefficient (Wildman–Crippen LogP) is 1.34. The Morgan fingerprint density at radius 3 is 2.86 bits per heavy atom. The summed E-state index contributed by atoms with van der Waals surface area (Å²) in [4.78, 5) is 0. The monoisotopic (exact) mass is 311 g/mol. The van der Waals surface area contributed by atoms with Gasteiger partial charge in [0.15, 0.2) is 0 Å². The lowest BCUT2D eigenvalue weighted by molar-refractivity contribution is 0.305. The fraction of sp³-hybridized carbons (Fsp3) is 0.467. The molecule has 1 atom stereocenters. The first-order valence-electron chi connectivity index (χ1n) is 6.78. The quantitative estimate of drug-likeness (QED) is 0.857. The van der Waals surface area contributed by atoms with E-state index in [2.05, 4.69) is 11.8 Å². The fourth-order valence-electron chi connectivity index (χ4n) is 2.33. The molecular formula is C15H18FNO3S. The summed E-state index contributed by atoms with van der Waals surface area (Å²) in [5.41, 5.74) is 0.938. The van der Waals surface area contributed by atoms with Gasteiger partial charge >= 0.3 is 0 Å². The molecule has 2 rings (SSSR count). The van der Waals surface area contributed by atoms with Crippen molar-refractivity contribution in [3.8, 4) is 11.8 Å². The van der Waals surface area contributed by atoms with Crippen molar-refractivity contribution in [1.82, 2.24) is 4.31 Å². The van der Waals surface area contributed by atoms with Crippen molar-refractivity contribution < 1.29 is 17.9 Å². The highest BCUT2D eigenvalue weighted by molar-refractivity contribution is 7.89. The zero-order chi connectivity index (χ0) is 15.5. The zero-order valence-electron chi connectivity index (χ0n) is 11.8. The standard InChI is InChI=1S/C15H18FNO3S/c1-12-9-17(21(19,20)11-12)10-14-8-13(4-2-3-7-18)5-6-15(14)16/h5-6,8,12,18H,3,7,9-11H2,1H3. The van der Waals surface area contributed by atoms with E-state index in [4.69, 9.17) is 5.11 Å². The molecule has 1 fully saturated rings. The molecular weight excluding hydrogens is 293 g/mol. The Morgan fingerprint density at radius 2 is 2.24 bits per heavy atom. The molecule has 1 aliphatic heterocycles. The number of hydrogen-bond acceptors (Lipinski definition) is 3. The molecule has 1 unspecified atom stereocenters. The van der Waals surface area contributed by atoms with E-state index in [9.17, 15) is 12.8 Å². The summed E-state index contributed by atoms with van der Waals surface area (Å²) in [5, 5.41) is 8.68. The fourth-order valence-corrected chi connectivity index (χ4v) is 4.18. The highest BCUT2D eigenvalue weighted by Crippen LogP contribution is 2.23. The third-order valence-electron chi connectivity index (χ3n) is 3.27. The van der Waals surface area contributed by atoms with Gasteiger partial charge in [0.1, 0.15) is 5.82 Å². The Bertz CT molecular complexity index is 676. The molecule has 0 amide bonds. The number of aliphatic hydroxyl groups is 1. The predicted molar refractivity (Wildman–Crippen MR) is 78.3 cm³/mol. The van der Waals surface area contributed by atoms with Crippen LogP contribution in [0, 0.1) is 23.6 Å². The molecule has 21 heavy (non-hydrogen) atoms. The molecule has 1 heterocycles. The zero-order valence-corrected chi connectivity index (χ0v) is 12.7. The van der Waals surface area contributed by atoms with Gasteiger partial charge in [-0.2, -0.15) is 4.31 Å². The van der Waals surface area contributed by atoms with Gasteiger partial charge in [0.25, 0.3) is 0 Å². The number of benzene rings is 1. The van der Waals surface area contributed by atoms with Crippen LogP contribution in [0.4, 0.5) is 4.39 Å². The summed E-state index contributed by atoms with van der Waals surface area (Å²) in [6, 6.07) is 4.41. The maximum atomic E-state index is 13.9. The van der Waals surface area contributed by atoms with Gasteiger partial charge in [0.2, 0.25) is 10.0 Å². The Balaban J connectivity index is 2.20.